The Kier molecular flexibility index (Phi) is 16.4. The fourth-order valence-electron chi connectivity index (χ4n) is 12.1. The van der Waals surface area contributed by atoms with Crippen molar-refractivity contribution in [1.29, 1.82) is 0 Å². The van der Waals surface area contributed by atoms with Crippen LogP contribution in [0.4, 0.5) is 0 Å². The molecule has 0 radical (unpaired) electrons. The van der Waals surface area contributed by atoms with Gasteiger partial charge in [-0.2, -0.15) is 22.7 Å². The van der Waals surface area contributed by atoms with Gasteiger partial charge in [-0.05, 0) is 181 Å². The van der Waals surface area contributed by atoms with Crippen LogP contribution in [0.2, 0.25) is 0 Å². The van der Waals surface area contributed by atoms with E-state index in [0.29, 0.717) is 0 Å². The molecule has 94 heavy (non-hydrogen) atoms. The molecule has 10 heterocycles. The van der Waals surface area contributed by atoms with Gasteiger partial charge in [0.15, 0.2) is 0 Å². The fourth-order valence-corrected chi connectivity index (χ4v) is 14.1. The van der Waals surface area contributed by atoms with Crippen molar-refractivity contribution in [2.24, 2.45) is 0 Å². The molecule has 0 fully saturated rings. The molecule has 0 N–H and O–H groups in total. The second-order valence-corrected chi connectivity index (χ2v) is 24.1. The second kappa shape index (κ2) is 25.8. The summed E-state index contributed by atoms with van der Waals surface area (Å²) < 4.78 is 6.79. The molecule has 14 heteroatoms. The van der Waals surface area contributed by atoms with E-state index < -0.39 is 0 Å². The topological polar surface area (TPSA) is 113 Å². The first-order valence-electron chi connectivity index (χ1n) is 29.9. The van der Waals surface area contributed by atoms with E-state index in [9.17, 15) is 0 Å². The summed E-state index contributed by atoms with van der Waals surface area (Å²) in [5.41, 5.74) is 22.4. The van der Waals surface area contributed by atoms with Gasteiger partial charge in [0.25, 0.3) is 0 Å². The number of rotatable bonds is 10. The first-order chi connectivity index (χ1) is 45.6. The van der Waals surface area contributed by atoms with Crippen molar-refractivity contribution in [2.45, 2.75) is 0 Å². The molecular weight excluding hydrogens is 1560 g/mol. The number of hydrogen-bond donors (Lipinski definition) is 0. The molecule has 0 atom stereocenters. The smallest absolute Gasteiger partial charge is 0.346 e. The number of hydrogen-bond acceptors (Lipinski definition) is 10. The van der Waals surface area contributed by atoms with Gasteiger partial charge in [-0.3, -0.25) is 29.9 Å². The zero-order valence-electron chi connectivity index (χ0n) is 49.5. The molecule has 0 amide bonds. The van der Waals surface area contributed by atoms with Crippen LogP contribution in [0, 0.1) is 24.3 Å². The SMILES string of the molecule is [Pt+2].[Pt+2].[c-]1c(-c2ccccn2)cc(-c2ccncc2)cc1-n1c2[c-]c(-c3nc4ccc(-c5ccncc5)cc4s3)ccc2c2ccccc21.[c-]1c(-c2ccccn2)cccc1-n1c2[c-]c(-c3nc4cc(-c5ccncc5)ccc4s3)ccc2c2cc(-c3ccncc3)ccc21. The summed E-state index contributed by atoms with van der Waals surface area (Å²) in [6.45, 7) is 0. The van der Waals surface area contributed by atoms with E-state index in [1.54, 1.807) is 22.7 Å². The van der Waals surface area contributed by atoms with Gasteiger partial charge in [0, 0.05) is 92.4 Å². The number of benzene rings is 8. The Hall–Kier alpha value is -10.6. The Labute approximate surface area is 577 Å². The third-order valence-electron chi connectivity index (χ3n) is 16.5. The van der Waals surface area contributed by atoms with Crippen molar-refractivity contribution in [2.75, 3.05) is 0 Å². The van der Waals surface area contributed by atoms with Crippen LogP contribution in [0.3, 0.4) is 0 Å². The van der Waals surface area contributed by atoms with E-state index in [1.165, 1.54) is 0 Å². The van der Waals surface area contributed by atoms with Gasteiger partial charge in [-0.15, -0.1) is 101 Å². The molecule has 0 unspecified atom stereocenters. The molecule has 0 aliphatic carbocycles. The minimum absolute atomic E-state index is 0. The molecule has 10 aromatic heterocycles. The minimum atomic E-state index is 0. The standard InChI is InChI=1S/2C40H23N5S.2Pt/c1-2-17-43-35(6-1)30-4-3-5-32(22-30)45-37-11-8-28(26-13-18-41-19-14-26)23-34(37)33-10-7-31(25-38(33)45)40-44-36-24-29(9-12-39(36)46-40)27-15-20-42-21-16-27;1-2-7-37-33(5-1)34-10-8-29(40-44-36-11-9-28(25-39(36)46-40)26-12-17-41-18-13-26)24-38(34)45(37)32-22-30(27-14-19-42-20-15-27)21-31(23-32)35-6-3-4-16-43-35;;/h1-21,23-24H;1-22,25H;;/q2*-2;2*+2. The Morgan fingerprint density at radius 1 is 0.287 bits per heavy atom. The summed E-state index contributed by atoms with van der Waals surface area (Å²) in [7, 11) is 0. The number of aromatic nitrogens is 10. The molecule has 0 bridgehead atoms. The van der Waals surface area contributed by atoms with Crippen LogP contribution in [-0.4, -0.2) is 49.0 Å². The van der Waals surface area contributed by atoms with Crippen molar-refractivity contribution < 1.29 is 42.1 Å². The molecule has 0 spiro atoms. The van der Waals surface area contributed by atoms with Crippen molar-refractivity contribution in [3.63, 3.8) is 0 Å². The third-order valence-corrected chi connectivity index (χ3v) is 18.7. The van der Waals surface area contributed by atoms with E-state index in [1.807, 2.05) is 147 Å². The Balaban J connectivity index is 0.000000152. The zero-order chi connectivity index (χ0) is 60.9. The molecule has 18 aromatic rings. The summed E-state index contributed by atoms with van der Waals surface area (Å²) in [5, 5.41) is 6.42. The summed E-state index contributed by atoms with van der Waals surface area (Å²) in [5.74, 6) is 0. The zero-order valence-corrected chi connectivity index (χ0v) is 55.7. The second-order valence-electron chi connectivity index (χ2n) is 22.1. The molecule has 0 aliphatic rings. The van der Waals surface area contributed by atoms with Gasteiger partial charge in [0.2, 0.25) is 0 Å². The first-order valence-corrected chi connectivity index (χ1v) is 31.5. The average molecular weight is 1600 g/mol. The van der Waals surface area contributed by atoms with Crippen LogP contribution in [0.1, 0.15) is 0 Å². The number of nitrogens with zero attached hydrogens (tertiary/aromatic N) is 10. The predicted molar refractivity (Wildman–Crippen MR) is 374 cm³/mol. The number of pyridine rings is 6. The largest absolute Gasteiger partial charge is 2.00 e. The summed E-state index contributed by atoms with van der Waals surface area (Å²) in [4.78, 5) is 36.1. The van der Waals surface area contributed by atoms with Gasteiger partial charge in [0.1, 0.15) is 0 Å². The molecule has 8 aromatic carbocycles. The van der Waals surface area contributed by atoms with E-state index in [4.69, 9.17) is 9.97 Å². The third kappa shape index (κ3) is 11.3. The van der Waals surface area contributed by atoms with Crippen LogP contribution in [0.25, 0.3) is 164 Å². The van der Waals surface area contributed by atoms with Gasteiger partial charge < -0.3 is 19.1 Å². The van der Waals surface area contributed by atoms with Crippen LogP contribution < -0.4 is 0 Å². The molecule has 18 rings (SSSR count). The Morgan fingerprint density at radius 3 is 1.44 bits per heavy atom. The summed E-state index contributed by atoms with van der Waals surface area (Å²) >= 11 is 3.37. The van der Waals surface area contributed by atoms with Crippen LogP contribution in [0.15, 0.2) is 280 Å². The van der Waals surface area contributed by atoms with Crippen molar-refractivity contribution >= 4 is 86.7 Å². The van der Waals surface area contributed by atoms with Gasteiger partial charge >= 0.3 is 42.1 Å². The van der Waals surface area contributed by atoms with Crippen molar-refractivity contribution in [1.82, 2.24) is 49.0 Å². The van der Waals surface area contributed by atoms with E-state index >= 15 is 0 Å². The Morgan fingerprint density at radius 2 is 0.798 bits per heavy atom. The maximum absolute atomic E-state index is 5.08. The van der Waals surface area contributed by atoms with E-state index in [2.05, 4.69) is 197 Å². The summed E-state index contributed by atoms with van der Waals surface area (Å²) in [6, 6.07) is 90.3. The van der Waals surface area contributed by atoms with Gasteiger partial charge in [-0.1, -0.05) is 83.1 Å². The van der Waals surface area contributed by atoms with Crippen LogP contribution in [0.5, 0.6) is 0 Å². The minimum Gasteiger partial charge on any atom is -0.346 e. The molecule has 0 saturated carbocycles. The number of fused-ring (bicyclic) bond motifs is 8. The molecule has 448 valence electrons. The van der Waals surface area contributed by atoms with Crippen LogP contribution in [-0.2, 0) is 42.1 Å². The normalized spacial score (nSPS) is 11.2. The monoisotopic (exact) mass is 1600 g/mol. The molecule has 0 aliphatic heterocycles. The van der Waals surface area contributed by atoms with Gasteiger partial charge in [0.05, 0.1) is 11.0 Å². The molecule has 0 saturated heterocycles. The number of thiazole rings is 2. The van der Waals surface area contributed by atoms with Crippen molar-refractivity contribution in [3.8, 4) is 99.5 Å². The van der Waals surface area contributed by atoms with Crippen molar-refractivity contribution in [3.05, 3.63) is 305 Å². The maximum Gasteiger partial charge on any atom is 2.00 e. The van der Waals surface area contributed by atoms with Crippen LogP contribution >= 0.6 is 22.7 Å². The maximum atomic E-state index is 5.08. The molecule has 10 nitrogen and oxygen atoms in total. The van der Waals surface area contributed by atoms with Gasteiger partial charge in [-0.25, -0.2) is 0 Å². The fraction of sp³-hybridized carbons (Fsp3) is 0. The quantitative estimate of drug-likeness (QED) is 0.124. The van der Waals surface area contributed by atoms with E-state index in [-0.39, 0.29) is 42.1 Å². The summed E-state index contributed by atoms with van der Waals surface area (Å²) in [6.07, 6.45) is 18.2. The Bertz CT molecular complexity index is 5710. The average Bonchev–Trinajstić information content (AvgIpc) is 1.62. The first kappa shape index (κ1) is 59.7. The van der Waals surface area contributed by atoms with E-state index in [0.717, 1.165) is 164 Å². The number of para-hydroxylation sites is 1. The predicted octanol–water partition coefficient (Wildman–Crippen LogP) is 19.7. The molecular formula is C80H46N10Pt2S2.